The zero-order valence-electron chi connectivity index (χ0n) is 10.2. The Morgan fingerprint density at radius 1 is 1.42 bits per heavy atom. The van der Waals surface area contributed by atoms with Crippen LogP contribution in [0.2, 0.25) is 0 Å². The van der Waals surface area contributed by atoms with Gasteiger partial charge in [0.15, 0.2) is 0 Å². The van der Waals surface area contributed by atoms with Crippen LogP contribution in [0, 0.1) is 10.1 Å². The zero-order valence-corrected chi connectivity index (χ0v) is 10.2. The van der Waals surface area contributed by atoms with Crippen molar-refractivity contribution >= 4 is 11.4 Å². The minimum atomic E-state index is -0.419. The number of nitrogens with zero attached hydrogens (tertiary/aromatic N) is 3. The number of hydrogen-bond donors (Lipinski definition) is 2. The molecular weight excluding hydrogens is 248 g/mol. The van der Waals surface area contributed by atoms with Crippen molar-refractivity contribution in [3.8, 4) is 0 Å². The van der Waals surface area contributed by atoms with Gasteiger partial charge in [0.25, 0.3) is 5.69 Å². The minimum Gasteiger partial charge on any atom is -0.394 e. The Morgan fingerprint density at radius 3 is 2.95 bits per heavy atom. The fraction of sp³-hybridized carbons (Fsp3) is 0.250. The fourth-order valence-electron chi connectivity index (χ4n) is 1.70. The molecule has 0 radical (unpaired) electrons. The zero-order chi connectivity index (χ0) is 13.7. The lowest BCUT2D eigenvalue weighted by atomic mass is 10.2. The number of benzene rings is 1. The van der Waals surface area contributed by atoms with Gasteiger partial charge in [-0.1, -0.05) is 12.1 Å². The number of hydrogen-bond acceptors (Lipinski definition) is 5. The van der Waals surface area contributed by atoms with Crippen LogP contribution < -0.4 is 5.32 Å². The Kier molecular flexibility index (Phi) is 4.09. The Morgan fingerprint density at radius 2 is 2.21 bits per heavy atom. The lowest BCUT2D eigenvalue weighted by molar-refractivity contribution is -0.384. The molecule has 0 saturated heterocycles. The molecule has 1 heterocycles. The second-order valence-electron chi connectivity index (χ2n) is 3.96. The molecule has 19 heavy (non-hydrogen) atoms. The molecule has 0 aliphatic rings. The maximum atomic E-state index is 10.8. The van der Waals surface area contributed by atoms with Gasteiger partial charge >= 0.3 is 0 Å². The summed E-state index contributed by atoms with van der Waals surface area (Å²) < 4.78 is 1.62. The van der Waals surface area contributed by atoms with Crippen LogP contribution in [0.1, 0.15) is 5.56 Å². The highest BCUT2D eigenvalue weighted by Crippen LogP contribution is 2.23. The van der Waals surface area contributed by atoms with Crippen molar-refractivity contribution in [1.29, 1.82) is 0 Å². The number of aliphatic hydroxyl groups is 1. The van der Waals surface area contributed by atoms with Crippen LogP contribution in [0.3, 0.4) is 0 Å². The quantitative estimate of drug-likeness (QED) is 0.606. The smallest absolute Gasteiger partial charge is 0.292 e. The molecule has 0 saturated carbocycles. The van der Waals surface area contributed by atoms with Gasteiger partial charge in [-0.05, 0) is 6.07 Å². The van der Waals surface area contributed by atoms with Crippen LogP contribution in [0.5, 0.6) is 0 Å². The summed E-state index contributed by atoms with van der Waals surface area (Å²) in [4.78, 5) is 10.4. The summed E-state index contributed by atoms with van der Waals surface area (Å²) in [5.41, 5.74) is 1.42. The standard InChI is InChI=1S/C12H14N4O3/c17-6-5-15-9-10(8-14-15)7-13-11-3-1-2-4-12(11)16(18)19/h1-4,8-9,13,17H,5-7H2. The summed E-state index contributed by atoms with van der Waals surface area (Å²) in [6, 6.07) is 6.49. The molecule has 0 fully saturated rings. The highest BCUT2D eigenvalue weighted by molar-refractivity contribution is 5.61. The molecule has 0 unspecified atom stereocenters. The SMILES string of the molecule is O=[N+]([O-])c1ccccc1NCc1cnn(CCO)c1. The van der Waals surface area contributed by atoms with Crippen molar-refractivity contribution in [2.24, 2.45) is 0 Å². The number of aromatic nitrogens is 2. The molecule has 100 valence electrons. The second kappa shape index (κ2) is 5.96. The number of nitro groups is 1. The largest absolute Gasteiger partial charge is 0.394 e. The van der Waals surface area contributed by atoms with Gasteiger partial charge in [0.2, 0.25) is 0 Å². The number of anilines is 1. The minimum absolute atomic E-state index is 0.0265. The first-order valence-electron chi connectivity index (χ1n) is 5.80. The summed E-state index contributed by atoms with van der Waals surface area (Å²) in [6.07, 6.45) is 3.45. The summed E-state index contributed by atoms with van der Waals surface area (Å²) in [5, 5.41) is 26.7. The lowest BCUT2D eigenvalue weighted by Crippen LogP contribution is -2.03. The van der Waals surface area contributed by atoms with Gasteiger partial charge in [0.1, 0.15) is 5.69 Å². The van der Waals surface area contributed by atoms with E-state index < -0.39 is 4.92 Å². The first-order valence-corrected chi connectivity index (χ1v) is 5.80. The molecule has 0 amide bonds. The normalized spacial score (nSPS) is 10.4. The Labute approximate surface area is 109 Å². The molecule has 1 aromatic heterocycles. The van der Waals surface area contributed by atoms with E-state index in [1.165, 1.54) is 6.07 Å². The summed E-state index contributed by atoms with van der Waals surface area (Å²) in [7, 11) is 0. The van der Waals surface area contributed by atoms with E-state index in [9.17, 15) is 10.1 Å². The van der Waals surface area contributed by atoms with Crippen molar-refractivity contribution in [2.75, 3.05) is 11.9 Å². The van der Waals surface area contributed by atoms with Crippen LogP contribution in [0.25, 0.3) is 0 Å². The fourth-order valence-corrected chi connectivity index (χ4v) is 1.70. The summed E-state index contributed by atoms with van der Waals surface area (Å²) >= 11 is 0. The van der Waals surface area contributed by atoms with E-state index in [1.54, 1.807) is 35.3 Å². The van der Waals surface area contributed by atoms with Gasteiger partial charge in [-0.2, -0.15) is 5.10 Å². The Bertz CT molecular complexity index is 568. The van der Waals surface area contributed by atoms with Gasteiger partial charge in [-0.25, -0.2) is 0 Å². The van der Waals surface area contributed by atoms with Gasteiger partial charge in [-0.15, -0.1) is 0 Å². The summed E-state index contributed by atoms with van der Waals surface area (Å²) in [5.74, 6) is 0. The molecule has 7 heteroatoms. The first-order chi connectivity index (χ1) is 9.20. The predicted molar refractivity (Wildman–Crippen MR) is 69.7 cm³/mol. The second-order valence-corrected chi connectivity index (χ2v) is 3.96. The van der Waals surface area contributed by atoms with E-state index in [0.717, 1.165) is 5.56 Å². The molecule has 0 aliphatic heterocycles. The maximum Gasteiger partial charge on any atom is 0.292 e. The first kappa shape index (κ1) is 13.0. The van der Waals surface area contributed by atoms with Crippen molar-refractivity contribution in [3.63, 3.8) is 0 Å². The Balaban J connectivity index is 2.03. The molecule has 0 bridgehead atoms. The number of nitrogens with one attached hydrogen (secondary N) is 1. The monoisotopic (exact) mass is 262 g/mol. The van der Waals surface area contributed by atoms with Crippen molar-refractivity contribution in [3.05, 3.63) is 52.3 Å². The molecule has 1 aromatic carbocycles. The molecule has 2 N–H and O–H groups in total. The third kappa shape index (κ3) is 3.29. The number of aliphatic hydroxyl groups excluding tert-OH is 1. The average molecular weight is 262 g/mol. The van der Waals surface area contributed by atoms with Gasteiger partial charge in [-0.3, -0.25) is 14.8 Å². The highest BCUT2D eigenvalue weighted by atomic mass is 16.6. The molecule has 0 spiro atoms. The Hall–Kier alpha value is -2.41. The van der Waals surface area contributed by atoms with Crippen LogP contribution in [0.15, 0.2) is 36.7 Å². The third-order valence-electron chi connectivity index (χ3n) is 2.60. The predicted octanol–water partition coefficient (Wildman–Crippen LogP) is 1.40. The number of para-hydroxylation sites is 2. The van der Waals surface area contributed by atoms with Crippen molar-refractivity contribution in [2.45, 2.75) is 13.1 Å². The molecular formula is C12H14N4O3. The van der Waals surface area contributed by atoms with Gasteiger partial charge in [0.05, 0.1) is 24.3 Å². The maximum absolute atomic E-state index is 10.8. The van der Waals surface area contributed by atoms with E-state index in [-0.39, 0.29) is 12.3 Å². The van der Waals surface area contributed by atoms with E-state index in [4.69, 9.17) is 5.11 Å². The van der Waals surface area contributed by atoms with E-state index >= 15 is 0 Å². The summed E-state index contributed by atoms with van der Waals surface area (Å²) in [6.45, 7) is 0.903. The third-order valence-corrected chi connectivity index (χ3v) is 2.60. The molecule has 2 aromatic rings. The molecule has 2 rings (SSSR count). The lowest BCUT2D eigenvalue weighted by Gasteiger charge is -2.05. The van der Waals surface area contributed by atoms with E-state index in [0.29, 0.717) is 18.8 Å². The number of nitro benzene ring substituents is 1. The average Bonchev–Trinajstić information content (AvgIpc) is 2.85. The molecule has 0 aliphatic carbocycles. The van der Waals surface area contributed by atoms with Crippen LogP contribution in [0.4, 0.5) is 11.4 Å². The molecule has 0 atom stereocenters. The van der Waals surface area contributed by atoms with Crippen LogP contribution in [-0.2, 0) is 13.1 Å². The van der Waals surface area contributed by atoms with Crippen LogP contribution in [-0.4, -0.2) is 26.4 Å². The molecule has 7 nitrogen and oxygen atoms in total. The van der Waals surface area contributed by atoms with Crippen molar-refractivity contribution < 1.29 is 10.0 Å². The van der Waals surface area contributed by atoms with E-state index in [2.05, 4.69) is 10.4 Å². The number of rotatable bonds is 6. The van der Waals surface area contributed by atoms with Gasteiger partial charge < -0.3 is 10.4 Å². The van der Waals surface area contributed by atoms with Gasteiger partial charge in [0, 0.05) is 24.4 Å². The topological polar surface area (TPSA) is 93.2 Å². The van der Waals surface area contributed by atoms with E-state index in [1.807, 2.05) is 0 Å². The van der Waals surface area contributed by atoms with Crippen LogP contribution >= 0.6 is 0 Å². The highest BCUT2D eigenvalue weighted by Gasteiger charge is 2.11. The van der Waals surface area contributed by atoms with Crippen molar-refractivity contribution in [1.82, 2.24) is 9.78 Å².